The molecule has 88 valence electrons. The minimum Gasteiger partial charge on any atom is -0.497 e. The molecular formula is C17H14O. The first-order valence-corrected chi connectivity index (χ1v) is 5.70. The minimum absolute atomic E-state index is 0.843. The third-order valence-electron chi connectivity index (χ3n) is 2.59. The topological polar surface area (TPSA) is 9.23 Å². The molecule has 0 fully saturated rings. The molecule has 0 aliphatic rings. The Balaban J connectivity index is 2.16. The molecule has 0 aliphatic carbocycles. The Morgan fingerprint density at radius 1 is 0.889 bits per heavy atom. The van der Waals surface area contributed by atoms with Crippen molar-refractivity contribution in [3.8, 4) is 17.6 Å². The van der Waals surface area contributed by atoms with Crippen LogP contribution < -0.4 is 4.74 Å². The van der Waals surface area contributed by atoms with E-state index in [4.69, 9.17) is 4.74 Å². The number of hydrogen-bond donors (Lipinski definition) is 0. The van der Waals surface area contributed by atoms with Crippen LogP contribution in [0.4, 0.5) is 0 Å². The zero-order valence-corrected chi connectivity index (χ0v) is 10.3. The summed E-state index contributed by atoms with van der Waals surface area (Å²) in [6, 6.07) is 15.7. The second-order valence-electron chi connectivity index (χ2n) is 3.80. The van der Waals surface area contributed by atoms with Crippen LogP contribution >= 0.6 is 0 Å². The Hall–Kier alpha value is -2.46. The Morgan fingerprint density at radius 2 is 1.39 bits per heavy atom. The van der Waals surface area contributed by atoms with Crippen LogP contribution in [0.3, 0.4) is 0 Å². The van der Waals surface area contributed by atoms with E-state index in [-0.39, 0.29) is 0 Å². The van der Waals surface area contributed by atoms with Gasteiger partial charge in [-0.25, -0.2) is 0 Å². The number of rotatable bonds is 2. The van der Waals surface area contributed by atoms with E-state index in [1.165, 1.54) is 0 Å². The molecule has 0 radical (unpaired) electrons. The van der Waals surface area contributed by atoms with Crippen LogP contribution in [0.15, 0.2) is 55.1 Å². The van der Waals surface area contributed by atoms with Gasteiger partial charge in [0.05, 0.1) is 7.11 Å². The first-order chi connectivity index (χ1) is 8.81. The highest BCUT2D eigenvalue weighted by molar-refractivity contribution is 5.51. The molecule has 0 bridgehead atoms. The summed E-state index contributed by atoms with van der Waals surface area (Å²) in [4.78, 5) is 0. The van der Waals surface area contributed by atoms with Crippen LogP contribution in [0.5, 0.6) is 5.75 Å². The Morgan fingerprint density at radius 3 is 1.83 bits per heavy atom. The normalized spacial score (nSPS) is 9.17. The average Bonchev–Trinajstić information content (AvgIpc) is 2.46. The molecule has 2 rings (SSSR count). The van der Waals surface area contributed by atoms with E-state index in [1.54, 1.807) is 7.11 Å². The van der Waals surface area contributed by atoms with Crippen molar-refractivity contribution >= 4 is 6.08 Å². The molecule has 0 saturated heterocycles. The van der Waals surface area contributed by atoms with Crippen molar-refractivity contribution in [3.05, 3.63) is 71.8 Å². The van der Waals surface area contributed by atoms with Crippen LogP contribution in [0.2, 0.25) is 0 Å². The highest BCUT2D eigenvalue weighted by atomic mass is 16.5. The predicted molar refractivity (Wildman–Crippen MR) is 75.5 cm³/mol. The zero-order chi connectivity index (χ0) is 12.8. The fourth-order valence-electron chi connectivity index (χ4n) is 1.52. The molecule has 0 atom stereocenters. The van der Waals surface area contributed by atoms with E-state index < -0.39 is 0 Å². The van der Waals surface area contributed by atoms with Gasteiger partial charge in [-0.05, 0) is 42.0 Å². The van der Waals surface area contributed by atoms with E-state index in [1.807, 2.05) is 54.6 Å². The predicted octanol–water partition coefficient (Wildman–Crippen LogP) is 3.74. The van der Waals surface area contributed by atoms with Gasteiger partial charge in [0.15, 0.2) is 0 Å². The standard InChI is InChI=1S/C17H14O/c1-3-14-4-6-15(7-5-14)8-9-16-10-12-17(18-2)13-11-16/h3-7,10-13H,1H2,2H3. The average molecular weight is 234 g/mol. The molecule has 0 aliphatic heterocycles. The first kappa shape index (κ1) is 12.0. The number of methoxy groups -OCH3 is 1. The van der Waals surface area contributed by atoms with Crippen molar-refractivity contribution in [2.45, 2.75) is 0 Å². The molecule has 1 nitrogen and oxygen atoms in total. The monoisotopic (exact) mass is 234 g/mol. The fraction of sp³-hybridized carbons (Fsp3) is 0.0588. The van der Waals surface area contributed by atoms with Gasteiger partial charge in [0.1, 0.15) is 5.75 Å². The van der Waals surface area contributed by atoms with Crippen molar-refractivity contribution in [1.29, 1.82) is 0 Å². The Labute approximate surface area is 108 Å². The summed E-state index contributed by atoms with van der Waals surface area (Å²) in [6.45, 7) is 3.72. The molecule has 0 heterocycles. The van der Waals surface area contributed by atoms with E-state index in [0.717, 1.165) is 22.4 Å². The van der Waals surface area contributed by atoms with Gasteiger partial charge in [0, 0.05) is 11.1 Å². The minimum atomic E-state index is 0.843. The lowest BCUT2D eigenvalue weighted by molar-refractivity contribution is 0.415. The first-order valence-electron chi connectivity index (χ1n) is 5.70. The summed E-state index contributed by atoms with van der Waals surface area (Å²) in [7, 11) is 1.65. The highest BCUT2D eigenvalue weighted by Gasteiger charge is 1.90. The van der Waals surface area contributed by atoms with E-state index in [9.17, 15) is 0 Å². The maximum absolute atomic E-state index is 5.10. The maximum atomic E-state index is 5.10. The molecule has 0 saturated carbocycles. The van der Waals surface area contributed by atoms with E-state index >= 15 is 0 Å². The molecule has 2 aromatic rings. The van der Waals surface area contributed by atoms with Crippen LogP contribution in [0.25, 0.3) is 6.08 Å². The van der Waals surface area contributed by atoms with Gasteiger partial charge in [-0.3, -0.25) is 0 Å². The molecule has 1 heteroatoms. The molecule has 0 amide bonds. The highest BCUT2D eigenvalue weighted by Crippen LogP contribution is 2.10. The van der Waals surface area contributed by atoms with Gasteiger partial charge in [-0.15, -0.1) is 0 Å². The molecule has 0 aromatic heterocycles. The van der Waals surface area contributed by atoms with Gasteiger partial charge in [0.2, 0.25) is 0 Å². The van der Waals surface area contributed by atoms with Crippen LogP contribution in [0.1, 0.15) is 16.7 Å². The van der Waals surface area contributed by atoms with Gasteiger partial charge in [0.25, 0.3) is 0 Å². The fourth-order valence-corrected chi connectivity index (χ4v) is 1.52. The lowest BCUT2D eigenvalue weighted by atomic mass is 10.1. The third-order valence-corrected chi connectivity index (χ3v) is 2.59. The molecule has 0 spiro atoms. The van der Waals surface area contributed by atoms with Gasteiger partial charge >= 0.3 is 0 Å². The zero-order valence-electron chi connectivity index (χ0n) is 10.3. The second kappa shape index (κ2) is 5.75. The molecule has 2 aromatic carbocycles. The van der Waals surface area contributed by atoms with Crippen LogP contribution in [-0.2, 0) is 0 Å². The summed E-state index contributed by atoms with van der Waals surface area (Å²) >= 11 is 0. The number of ether oxygens (including phenoxy) is 1. The summed E-state index contributed by atoms with van der Waals surface area (Å²) in [5.74, 6) is 7.09. The van der Waals surface area contributed by atoms with E-state index in [2.05, 4.69) is 18.4 Å². The Bertz CT molecular complexity index is 580. The van der Waals surface area contributed by atoms with Crippen LogP contribution in [-0.4, -0.2) is 7.11 Å². The quantitative estimate of drug-likeness (QED) is 0.719. The summed E-state index contributed by atoms with van der Waals surface area (Å²) in [6.07, 6.45) is 1.82. The SMILES string of the molecule is C=Cc1ccc(C#Cc2ccc(OC)cc2)cc1. The van der Waals surface area contributed by atoms with Gasteiger partial charge in [-0.2, -0.15) is 0 Å². The summed E-state index contributed by atoms with van der Waals surface area (Å²) < 4.78 is 5.10. The molecule has 18 heavy (non-hydrogen) atoms. The number of benzene rings is 2. The molecule has 0 N–H and O–H groups in total. The summed E-state index contributed by atoms with van der Waals surface area (Å²) in [5, 5.41) is 0. The van der Waals surface area contributed by atoms with Crippen molar-refractivity contribution in [2.24, 2.45) is 0 Å². The maximum Gasteiger partial charge on any atom is 0.118 e. The van der Waals surface area contributed by atoms with Crippen LogP contribution in [0, 0.1) is 11.8 Å². The third kappa shape index (κ3) is 3.02. The smallest absolute Gasteiger partial charge is 0.118 e. The molecule has 0 unspecified atom stereocenters. The second-order valence-corrected chi connectivity index (χ2v) is 3.80. The van der Waals surface area contributed by atoms with Crippen molar-refractivity contribution in [3.63, 3.8) is 0 Å². The lowest BCUT2D eigenvalue weighted by Gasteiger charge is -1.97. The van der Waals surface area contributed by atoms with E-state index in [0.29, 0.717) is 0 Å². The van der Waals surface area contributed by atoms with Crippen molar-refractivity contribution in [1.82, 2.24) is 0 Å². The van der Waals surface area contributed by atoms with Gasteiger partial charge < -0.3 is 4.74 Å². The largest absolute Gasteiger partial charge is 0.497 e. The number of hydrogen-bond acceptors (Lipinski definition) is 1. The Kier molecular flexibility index (Phi) is 3.83. The van der Waals surface area contributed by atoms with Crippen molar-refractivity contribution in [2.75, 3.05) is 7.11 Å². The van der Waals surface area contributed by atoms with Gasteiger partial charge in [-0.1, -0.05) is 36.6 Å². The van der Waals surface area contributed by atoms with Crippen molar-refractivity contribution < 1.29 is 4.74 Å². The lowest BCUT2D eigenvalue weighted by Crippen LogP contribution is -1.82. The summed E-state index contributed by atoms with van der Waals surface area (Å²) in [5.41, 5.74) is 3.07. The molecular weight excluding hydrogens is 220 g/mol.